The normalized spacial score (nSPS) is 33.0. The highest BCUT2D eigenvalue weighted by Gasteiger charge is 2.38. The lowest BCUT2D eigenvalue weighted by Gasteiger charge is -2.23. The molecule has 2 fully saturated rings. The Morgan fingerprint density at radius 3 is 0.833 bits per heavy atom. The van der Waals surface area contributed by atoms with Crippen molar-refractivity contribution in [2.75, 3.05) is 54.4 Å². The summed E-state index contributed by atoms with van der Waals surface area (Å²) in [5, 5.41) is 0. The van der Waals surface area contributed by atoms with Gasteiger partial charge in [0.1, 0.15) is 0 Å². The van der Waals surface area contributed by atoms with E-state index in [-0.39, 0.29) is 19.8 Å². The summed E-state index contributed by atoms with van der Waals surface area (Å²) in [6, 6.07) is 0. The van der Waals surface area contributed by atoms with Crippen molar-refractivity contribution < 1.29 is 21.4 Å². The van der Waals surface area contributed by atoms with Crippen LogP contribution in [-0.4, -0.2) is 63.3 Å². The van der Waals surface area contributed by atoms with Crippen molar-refractivity contribution in [3.05, 3.63) is 7.43 Å². The lowest BCUT2D eigenvalue weighted by Crippen LogP contribution is -3.00. The minimum absolute atomic E-state index is 0. The maximum Gasteiger partial charge on any atom is 0.0815 e. The fraction of sp³-hybridized carbons (Fsp3) is 0.952. The first-order valence-electron chi connectivity index (χ1n) is 9.81. The fourth-order valence-electron chi connectivity index (χ4n) is 5.13. The molecule has 2 nitrogen and oxygen atoms in total. The minimum Gasteiger partial charge on any atom is -1.00 e. The molecular formula is C21H47ClN2. The fourth-order valence-corrected chi connectivity index (χ4v) is 5.13. The van der Waals surface area contributed by atoms with E-state index >= 15 is 0 Å². The Bertz CT molecular complexity index is 268. The van der Waals surface area contributed by atoms with Crippen LogP contribution in [0.25, 0.3) is 0 Å². The molecule has 3 heteroatoms. The summed E-state index contributed by atoms with van der Waals surface area (Å²) >= 11 is 0. The molecule has 0 bridgehead atoms. The predicted molar refractivity (Wildman–Crippen MR) is 105 cm³/mol. The first-order chi connectivity index (χ1) is 10.2. The van der Waals surface area contributed by atoms with Crippen LogP contribution in [0.4, 0.5) is 0 Å². The highest BCUT2D eigenvalue weighted by molar-refractivity contribution is 4.73. The van der Waals surface area contributed by atoms with Crippen LogP contribution in [0.2, 0.25) is 0 Å². The summed E-state index contributed by atoms with van der Waals surface area (Å²) in [7, 11) is 9.44. The van der Waals surface area contributed by atoms with Gasteiger partial charge in [-0.3, -0.25) is 0 Å². The SMILES string of the molecule is CCC1C[N+](C)(C)CC1CC.CCC1C[N+](C)(C)CC1CC.[CH3-].[Cl-]. The summed E-state index contributed by atoms with van der Waals surface area (Å²) in [6.45, 7) is 14.9. The van der Waals surface area contributed by atoms with E-state index < -0.39 is 0 Å². The van der Waals surface area contributed by atoms with Crippen LogP contribution in [0.15, 0.2) is 0 Å². The molecule has 0 amide bonds. The highest BCUT2D eigenvalue weighted by atomic mass is 35.5. The van der Waals surface area contributed by atoms with E-state index in [0.29, 0.717) is 0 Å². The third kappa shape index (κ3) is 7.62. The largest absolute Gasteiger partial charge is 1.00 e. The molecule has 0 spiro atoms. The molecule has 148 valence electrons. The molecule has 0 aromatic rings. The lowest BCUT2D eigenvalue weighted by molar-refractivity contribution is -0.880. The summed E-state index contributed by atoms with van der Waals surface area (Å²) in [4.78, 5) is 0. The van der Waals surface area contributed by atoms with Crippen molar-refractivity contribution in [1.82, 2.24) is 0 Å². The molecule has 2 heterocycles. The van der Waals surface area contributed by atoms with Gasteiger partial charge in [0.15, 0.2) is 0 Å². The zero-order valence-corrected chi connectivity index (χ0v) is 19.0. The Labute approximate surface area is 160 Å². The number of hydrogen-bond acceptors (Lipinski definition) is 0. The Balaban J connectivity index is 0. The van der Waals surface area contributed by atoms with Crippen molar-refractivity contribution in [2.24, 2.45) is 23.7 Å². The molecule has 0 aromatic heterocycles. The van der Waals surface area contributed by atoms with Crippen LogP contribution < -0.4 is 12.4 Å². The number of rotatable bonds is 4. The number of hydrogen-bond donors (Lipinski definition) is 0. The smallest absolute Gasteiger partial charge is 0.0815 e. The number of halogens is 1. The average Bonchev–Trinajstić information content (AvgIpc) is 2.93. The molecule has 0 N–H and O–H groups in total. The molecule has 2 rings (SSSR count). The molecule has 4 unspecified atom stereocenters. The second-order valence-electron chi connectivity index (χ2n) is 9.28. The standard InChI is InChI=1S/2C10H22N.CH3.ClH/c2*1-5-9-7-11(3,4)8-10(9)6-2;;/h2*9-10H,5-8H2,1-4H3;1H3;1H/q2*+1;-1;/p-1. The second kappa shape index (κ2) is 11.0. The van der Waals surface area contributed by atoms with Crippen molar-refractivity contribution in [2.45, 2.75) is 53.4 Å². The second-order valence-corrected chi connectivity index (χ2v) is 9.28. The summed E-state index contributed by atoms with van der Waals surface area (Å²) < 4.78 is 2.49. The molecule has 2 aliphatic heterocycles. The molecule has 2 saturated heterocycles. The van der Waals surface area contributed by atoms with Crippen LogP contribution in [-0.2, 0) is 0 Å². The Kier molecular flexibility index (Phi) is 12.2. The third-order valence-corrected chi connectivity index (χ3v) is 6.35. The molecule has 24 heavy (non-hydrogen) atoms. The summed E-state index contributed by atoms with van der Waals surface area (Å²) in [6.07, 6.45) is 5.50. The first kappa shape index (κ1) is 26.4. The van der Waals surface area contributed by atoms with Crippen LogP contribution in [0.1, 0.15) is 53.4 Å². The van der Waals surface area contributed by atoms with Crippen molar-refractivity contribution >= 4 is 0 Å². The van der Waals surface area contributed by atoms with Crippen LogP contribution in [0, 0.1) is 31.1 Å². The van der Waals surface area contributed by atoms with E-state index in [4.69, 9.17) is 0 Å². The van der Waals surface area contributed by atoms with E-state index in [1.807, 2.05) is 0 Å². The molecule has 0 aliphatic carbocycles. The number of likely N-dealkylation sites (tertiary alicyclic amines) is 2. The van der Waals surface area contributed by atoms with Gasteiger partial charge in [-0.25, -0.2) is 0 Å². The first-order valence-corrected chi connectivity index (χ1v) is 9.81. The molecule has 2 aliphatic rings. The van der Waals surface area contributed by atoms with Crippen molar-refractivity contribution in [1.29, 1.82) is 0 Å². The van der Waals surface area contributed by atoms with E-state index in [2.05, 4.69) is 55.9 Å². The zero-order chi connectivity index (χ0) is 17.0. The van der Waals surface area contributed by atoms with E-state index in [9.17, 15) is 0 Å². The minimum atomic E-state index is 0. The van der Waals surface area contributed by atoms with Crippen molar-refractivity contribution in [3.63, 3.8) is 0 Å². The maximum atomic E-state index is 2.36. The van der Waals surface area contributed by atoms with Gasteiger partial charge in [0.25, 0.3) is 0 Å². The van der Waals surface area contributed by atoms with E-state index in [1.54, 1.807) is 0 Å². The van der Waals surface area contributed by atoms with Gasteiger partial charge in [0.2, 0.25) is 0 Å². The average molecular weight is 363 g/mol. The summed E-state index contributed by atoms with van der Waals surface area (Å²) in [5.41, 5.74) is 0. The Morgan fingerprint density at radius 2 is 0.708 bits per heavy atom. The van der Waals surface area contributed by atoms with Gasteiger partial charge in [0.05, 0.1) is 54.4 Å². The number of quaternary nitrogens is 2. The van der Waals surface area contributed by atoms with Crippen molar-refractivity contribution in [3.8, 4) is 0 Å². The molecule has 0 radical (unpaired) electrons. The Morgan fingerprint density at radius 1 is 0.542 bits per heavy atom. The third-order valence-electron chi connectivity index (χ3n) is 6.35. The highest BCUT2D eigenvalue weighted by Crippen LogP contribution is 2.31. The van der Waals surface area contributed by atoms with Gasteiger partial charge in [-0.2, -0.15) is 0 Å². The van der Waals surface area contributed by atoms with Gasteiger partial charge in [-0.15, -0.1) is 0 Å². The van der Waals surface area contributed by atoms with E-state index in [1.165, 1.54) is 60.8 Å². The maximum absolute atomic E-state index is 2.36. The van der Waals surface area contributed by atoms with Gasteiger partial charge in [0, 0.05) is 23.7 Å². The lowest BCUT2D eigenvalue weighted by atomic mass is 9.92. The molecule has 0 saturated carbocycles. The van der Waals surface area contributed by atoms with Gasteiger partial charge in [-0.1, -0.05) is 27.7 Å². The molecular weight excluding hydrogens is 316 g/mol. The topological polar surface area (TPSA) is 0 Å². The van der Waals surface area contributed by atoms with Gasteiger partial charge in [-0.05, 0) is 25.7 Å². The van der Waals surface area contributed by atoms with Crippen LogP contribution in [0.5, 0.6) is 0 Å². The molecule has 0 aromatic carbocycles. The van der Waals surface area contributed by atoms with Gasteiger partial charge < -0.3 is 28.8 Å². The predicted octanol–water partition coefficient (Wildman–Crippen LogP) is 1.71. The van der Waals surface area contributed by atoms with E-state index in [0.717, 1.165) is 23.7 Å². The zero-order valence-electron chi connectivity index (χ0n) is 18.2. The number of nitrogens with zero attached hydrogens (tertiary/aromatic N) is 2. The quantitative estimate of drug-likeness (QED) is 0.527. The Hall–Kier alpha value is 0.210. The summed E-state index contributed by atoms with van der Waals surface area (Å²) in [5.74, 6) is 3.98. The van der Waals surface area contributed by atoms with Gasteiger partial charge >= 0.3 is 0 Å². The molecule has 4 atom stereocenters. The van der Waals surface area contributed by atoms with Crippen LogP contribution >= 0.6 is 0 Å². The monoisotopic (exact) mass is 362 g/mol. The van der Waals surface area contributed by atoms with Crippen LogP contribution in [0.3, 0.4) is 0 Å².